The number of methoxy groups -OCH3 is 1. The number of thiazole rings is 1. The number of pyridine rings is 1. The largest absolute Gasteiger partial charge is 0.480 e. The summed E-state index contributed by atoms with van der Waals surface area (Å²) in [6.07, 6.45) is 3.50. The maximum absolute atomic E-state index is 13.3. The van der Waals surface area contributed by atoms with E-state index in [0.29, 0.717) is 40.0 Å². The minimum atomic E-state index is -3.83. The number of carbonyl (C=O) groups excluding carboxylic acids is 1. The molecular weight excluding hydrogens is 611 g/mol. The topological polar surface area (TPSA) is 151 Å². The second kappa shape index (κ2) is 12.0. The summed E-state index contributed by atoms with van der Waals surface area (Å²) in [5, 5.41) is 15.1. The minimum absolute atomic E-state index is 0.125. The Kier molecular flexibility index (Phi) is 8.15. The molecule has 5 heterocycles. The second-order valence-corrected chi connectivity index (χ2v) is 14.0. The number of amides is 1. The number of nitrogens with zero attached hydrogens (tertiary/aromatic N) is 4. The fourth-order valence-corrected chi connectivity index (χ4v) is 7.91. The number of thiophene rings is 1. The second-order valence-electron chi connectivity index (χ2n) is 10.2. The molecule has 1 amide bonds. The lowest BCUT2D eigenvalue weighted by atomic mass is 10.0. The molecule has 1 aliphatic heterocycles. The van der Waals surface area contributed by atoms with Gasteiger partial charge in [-0.1, -0.05) is 6.07 Å². The maximum atomic E-state index is 13.3. The molecule has 0 spiro atoms. The molecule has 0 bridgehead atoms. The zero-order valence-electron chi connectivity index (χ0n) is 23.5. The lowest BCUT2D eigenvalue weighted by molar-refractivity contribution is -0.0705. The first kappa shape index (κ1) is 29.2. The first-order chi connectivity index (χ1) is 20.7. The van der Waals surface area contributed by atoms with Gasteiger partial charge in [-0.2, -0.15) is 5.10 Å². The Labute approximate surface area is 256 Å². The molecule has 4 aromatic heterocycles. The van der Waals surface area contributed by atoms with Crippen molar-refractivity contribution >= 4 is 60.9 Å². The van der Waals surface area contributed by atoms with Crippen molar-refractivity contribution in [3.8, 4) is 17.0 Å². The van der Waals surface area contributed by atoms with E-state index in [1.165, 1.54) is 24.5 Å². The number of sulfonamides is 1. The highest BCUT2D eigenvalue weighted by Crippen LogP contribution is 2.34. The number of H-pyrrole nitrogens is 1. The normalized spacial score (nSPS) is 17.7. The molecule has 0 aliphatic carbocycles. The van der Waals surface area contributed by atoms with E-state index in [-0.39, 0.29) is 33.9 Å². The van der Waals surface area contributed by atoms with Crippen molar-refractivity contribution in [1.82, 2.24) is 25.1 Å². The molecule has 5 aromatic rings. The van der Waals surface area contributed by atoms with Gasteiger partial charge in [0.25, 0.3) is 15.9 Å². The number of ether oxygens (including phenoxy) is 2. The zero-order chi connectivity index (χ0) is 30.1. The van der Waals surface area contributed by atoms with Crippen LogP contribution in [0.4, 0.5) is 11.4 Å². The quantitative estimate of drug-likeness (QED) is 0.206. The van der Waals surface area contributed by atoms with Crippen LogP contribution in [0, 0.1) is 0 Å². The number of nitrogens with one attached hydrogen (secondary N) is 3. The van der Waals surface area contributed by atoms with Crippen molar-refractivity contribution in [2.45, 2.75) is 36.8 Å². The third kappa shape index (κ3) is 6.40. The van der Waals surface area contributed by atoms with Gasteiger partial charge in [0.2, 0.25) is 5.88 Å². The molecule has 15 heteroatoms. The van der Waals surface area contributed by atoms with Crippen LogP contribution in [-0.2, 0) is 21.3 Å². The summed E-state index contributed by atoms with van der Waals surface area (Å²) in [4.78, 5) is 24.5. The van der Waals surface area contributed by atoms with E-state index in [2.05, 4.69) is 49.0 Å². The number of fused-ring (bicyclic) bond motifs is 1. The SMILES string of the molecule is COc1ncc(-c2cc(NC(=O)c3csc(CN4C[C@@H](C)O[C@@H](C)C4)n3)c3cn[nH]c3c2)cc1NS(=O)(=O)c1cccs1. The predicted octanol–water partition coefficient (Wildman–Crippen LogP) is 4.81. The van der Waals surface area contributed by atoms with Crippen LogP contribution in [0.2, 0.25) is 0 Å². The summed E-state index contributed by atoms with van der Waals surface area (Å²) in [5.41, 5.74) is 2.98. The van der Waals surface area contributed by atoms with Crippen molar-refractivity contribution in [3.63, 3.8) is 0 Å². The summed E-state index contributed by atoms with van der Waals surface area (Å²) in [6.45, 7) is 6.39. The first-order valence-corrected chi connectivity index (χ1v) is 16.6. The monoisotopic (exact) mass is 639 g/mol. The Bertz CT molecular complexity index is 1860. The van der Waals surface area contributed by atoms with Crippen LogP contribution >= 0.6 is 22.7 Å². The highest BCUT2D eigenvalue weighted by atomic mass is 32.2. The Morgan fingerprint density at radius 3 is 2.67 bits per heavy atom. The summed E-state index contributed by atoms with van der Waals surface area (Å²) >= 11 is 2.56. The molecule has 1 fully saturated rings. The Morgan fingerprint density at radius 1 is 1.14 bits per heavy atom. The standard InChI is InChI=1S/C28H29N7O5S3/c1-16-12-35(13-17(2)40-16)14-25-31-24(15-42-25)27(36)32-21-7-18(8-22-20(21)11-30-33-22)19-9-23(28(39-3)29-10-19)34-43(37,38)26-5-4-6-41-26/h4-11,15-17,34H,12-14H2,1-3H3,(H,30,33)(H,32,36)/t16-,17+. The summed E-state index contributed by atoms with van der Waals surface area (Å²) < 4.78 is 39.7. The van der Waals surface area contributed by atoms with Crippen molar-refractivity contribution in [2.75, 3.05) is 30.2 Å². The van der Waals surface area contributed by atoms with Gasteiger partial charge in [-0.25, -0.2) is 18.4 Å². The van der Waals surface area contributed by atoms with Crippen LogP contribution in [0.15, 0.2) is 57.7 Å². The van der Waals surface area contributed by atoms with Gasteiger partial charge in [0.1, 0.15) is 20.6 Å². The molecule has 2 atom stereocenters. The lowest BCUT2D eigenvalue weighted by Gasteiger charge is -2.34. The smallest absolute Gasteiger partial charge is 0.275 e. The van der Waals surface area contributed by atoms with Gasteiger partial charge in [0.15, 0.2) is 0 Å². The third-order valence-electron chi connectivity index (χ3n) is 6.83. The van der Waals surface area contributed by atoms with Crippen LogP contribution in [0.3, 0.4) is 0 Å². The molecule has 1 saturated heterocycles. The van der Waals surface area contributed by atoms with Crippen LogP contribution in [0.25, 0.3) is 22.0 Å². The molecule has 3 N–H and O–H groups in total. The van der Waals surface area contributed by atoms with E-state index in [1.807, 2.05) is 6.07 Å². The molecule has 1 aromatic carbocycles. The molecule has 0 radical (unpaired) electrons. The van der Waals surface area contributed by atoms with E-state index in [1.54, 1.807) is 41.4 Å². The van der Waals surface area contributed by atoms with Crippen molar-refractivity contribution in [3.05, 3.63) is 64.2 Å². The van der Waals surface area contributed by atoms with Gasteiger partial charge in [-0.3, -0.25) is 19.5 Å². The Hall–Kier alpha value is -3.89. The molecule has 12 nitrogen and oxygen atoms in total. The Morgan fingerprint density at radius 2 is 1.93 bits per heavy atom. The van der Waals surface area contributed by atoms with E-state index in [9.17, 15) is 13.2 Å². The van der Waals surface area contributed by atoms with E-state index >= 15 is 0 Å². The number of carbonyl (C=O) groups is 1. The first-order valence-electron chi connectivity index (χ1n) is 13.4. The molecule has 0 saturated carbocycles. The summed E-state index contributed by atoms with van der Waals surface area (Å²) in [5.74, 6) is -0.219. The molecule has 43 heavy (non-hydrogen) atoms. The van der Waals surface area contributed by atoms with Crippen molar-refractivity contribution < 1.29 is 22.7 Å². The lowest BCUT2D eigenvalue weighted by Crippen LogP contribution is -2.44. The number of anilines is 2. The molecule has 0 unspecified atom stereocenters. The fraction of sp³-hybridized carbons (Fsp3) is 0.286. The maximum Gasteiger partial charge on any atom is 0.275 e. The van der Waals surface area contributed by atoms with Crippen LogP contribution < -0.4 is 14.8 Å². The summed E-state index contributed by atoms with van der Waals surface area (Å²) in [6, 6.07) is 8.47. The number of morpholine rings is 1. The molecule has 6 rings (SSSR count). The van der Waals surface area contributed by atoms with Crippen LogP contribution in [0.5, 0.6) is 5.88 Å². The Balaban J connectivity index is 1.25. The van der Waals surface area contributed by atoms with Gasteiger partial charge in [0, 0.05) is 35.6 Å². The van der Waals surface area contributed by atoms with Gasteiger partial charge in [0.05, 0.1) is 43.3 Å². The van der Waals surface area contributed by atoms with E-state index in [0.717, 1.165) is 29.4 Å². The predicted molar refractivity (Wildman–Crippen MR) is 166 cm³/mol. The highest BCUT2D eigenvalue weighted by molar-refractivity contribution is 7.94. The molecular formula is C28H29N7O5S3. The number of rotatable bonds is 9. The average molecular weight is 640 g/mol. The zero-order valence-corrected chi connectivity index (χ0v) is 26.0. The van der Waals surface area contributed by atoms with Gasteiger partial charge in [-0.15, -0.1) is 22.7 Å². The number of hydrogen-bond acceptors (Lipinski definition) is 11. The number of benzene rings is 1. The van der Waals surface area contributed by atoms with E-state index < -0.39 is 10.0 Å². The fourth-order valence-electron chi connectivity index (χ4n) is 5.06. The molecule has 224 valence electrons. The third-order valence-corrected chi connectivity index (χ3v) is 10.4. The number of hydrogen-bond donors (Lipinski definition) is 3. The van der Waals surface area contributed by atoms with Gasteiger partial charge < -0.3 is 14.8 Å². The van der Waals surface area contributed by atoms with Crippen molar-refractivity contribution in [2.24, 2.45) is 0 Å². The summed E-state index contributed by atoms with van der Waals surface area (Å²) in [7, 11) is -2.42. The van der Waals surface area contributed by atoms with Crippen molar-refractivity contribution in [1.29, 1.82) is 0 Å². The van der Waals surface area contributed by atoms with E-state index in [4.69, 9.17) is 9.47 Å². The number of aromatic amines is 1. The molecule has 1 aliphatic rings. The average Bonchev–Trinajstić information content (AvgIpc) is 3.75. The van der Waals surface area contributed by atoms with Gasteiger partial charge in [-0.05, 0) is 49.1 Å². The van der Waals surface area contributed by atoms with Crippen LogP contribution in [0.1, 0.15) is 29.3 Å². The minimum Gasteiger partial charge on any atom is -0.480 e. The highest BCUT2D eigenvalue weighted by Gasteiger charge is 2.24. The van der Waals surface area contributed by atoms with Crippen LogP contribution in [-0.4, -0.2) is 71.8 Å². The van der Waals surface area contributed by atoms with Gasteiger partial charge >= 0.3 is 0 Å². The number of aromatic nitrogens is 4.